The van der Waals surface area contributed by atoms with Crippen molar-refractivity contribution in [3.05, 3.63) is 17.5 Å². The van der Waals surface area contributed by atoms with Crippen LogP contribution in [0.3, 0.4) is 0 Å². The SMILES string of the molecule is CCNC(=NCCC(=O)NC(C)CC)NC1CCN(c2cccs2)CC1. The maximum absolute atomic E-state index is 11.9. The molecule has 26 heavy (non-hydrogen) atoms. The summed E-state index contributed by atoms with van der Waals surface area (Å²) in [6.45, 7) is 9.61. The van der Waals surface area contributed by atoms with Gasteiger partial charge < -0.3 is 20.9 Å². The molecule has 6 nitrogen and oxygen atoms in total. The Kier molecular flexibility index (Phi) is 8.74. The molecular weight excluding hydrogens is 346 g/mol. The molecule has 0 spiro atoms. The smallest absolute Gasteiger partial charge is 0.222 e. The molecule has 1 unspecified atom stereocenters. The number of nitrogens with zero attached hydrogens (tertiary/aromatic N) is 2. The van der Waals surface area contributed by atoms with Gasteiger partial charge in [0, 0.05) is 38.1 Å². The predicted molar refractivity (Wildman–Crippen MR) is 111 cm³/mol. The fraction of sp³-hybridized carbons (Fsp3) is 0.684. The van der Waals surface area contributed by atoms with Crippen molar-refractivity contribution < 1.29 is 4.79 Å². The number of aliphatic imine (C=N–C) groups is 1. The van der Waals surface area contributed by atoms with Gasteiger partial charge in [0.15, 0.2) is 5.96 Å². The molecule has 1 atom stereocenters. The molecule has 1 saturated heterocycles. The number of piperidine rings is 1. The first-order chi connectivity index (χ1) is 12.6. The fourth-order valence-electron chi connectivity index (χ4n) is 2.93. The Morgan fingerprint density at radius 2 is 2.15 bits per heavy atom. The number of carbonyl (C=O) groups excluding carboxylic acids is 1. The van der Waals surface area contributed by atoms with Crippen LogP contribution in [0.2, 0.25) is 0 Å². The monoisotopic (exact) mass is 379 g/mol. The number of guanidine groups is 1. The van der Waals surface area contributed by atoms with Gasteiger partial charge in [-0.2, -0.15) is 0 Å². The second-order valence-electron chi connectivity index (χ2n) is 6.74. The van der Waals surface area contributed by atoms with Gasteiger partial charge >= 0.3 is 0 Å². The quantitative estimate of drug-likeness (QED) is 0.480. The molecule has 0 aromatic carbocycles. The van der Waals surface area contributed by atoms with E-state index in [1.54, 1.807) is 11.3 Å². The summed E-state index contributed by atoms with van der Waals surface area (Å²) in [5, 5.41) is 13.3. The van der Waals surface area contributed by atoms with E-state index in [2.05, 4.69) is 57.2 Å². The number of nitrogens with one attached hydrogen (secondary N) is 3. The van der Waals surface area contributed by atoms with E-state index in [0.29, 0.717) is 19.0 Å². The lowest BCUT2D eigenvalue weighted by molar-refractivity contribution is -0.121. The number of rotatable bonds is 8. The Balaban J connectivity index is 1.76. The van der Waals surface area contributed by atoms with Crippen molar-refractivity contribution in [1.29, 1.82) is 0 Å². The Morgan fingerprint density at radius 3 is 2.77 bits per heavy atom. The number of hydrogen-bond donors (Lipinski definition) is 3. The van der Waals surface area contributed by atoms with Crippen molar-refractivity contribution in [2.75, 3.05) is 31.1 Å². The van der Waals surface area contributed by atoms with Crippen LogP contribution >= 0.6 is 11.3 Å². The molecule has 3 N–H and O–H groups in total. The average Bonchev–Trinajstić information content (AvgIpc) is 3.17. The first-order valence-electron chi connectivity index (χ1n) is 9.75. The third kappa shape index (κ3) is 6.86. The Bertz CT molecular complexity index is 552. The van der Waals surface area contributed by atoms with Crippen LogP contribution in [0.25, 0.3) is 0 Å². The predicted octanol–water partition coefficient (Wildman–Crippen LogP) is 2.58. The zero-order chi connectivity index (χ0) is 18.8. The minimum Gasteiger partial charge on any atom is -0.363 e. The molecule has 2 rings (SSSR count). The summed E-state index contributed by atoms with van der Waals surface area (Å²) in [5.41, 5.74) is 0. The number of anilines is 1. The summed E-state index contributed by atoms with van der Waals surface area (Å²) >= 11 is 1.80. The van der Waals surface area contributed by atoms with Crippen LogP contribution in [0, 0.1) is 0 Å². The summed E-state index contributed by atoms with van der Waals surface area (Å²) in [7, 11) is 0. The molecule has 1 aliphatic rings. The maximum atomic E-state index is 11.9. The first-order valence-corrected chi connectivity index (χ1v) is 10.6. The molecule has 0 saturated carbocycles. The summed E-state index contributed by atoms with van der Waals surface area (Å²) in [4.78, 5) is 18.9. The molecule has 1 aromatic rings. The summed E-state index contributed by atoms with van der Waals surface area (Å²) in [6, 6.07) is 4.95. The Labute approximate surface area is 161 Å². The molecule has 7 heteroatoms. The van der Waals surface area contributed by atoms with Gasteiger partial charge in [-0.05, 0) is 50.6 Å². The molecule has 146 valence electrons. The zero-order valence-electron chi connectivity index (χ0n) is 16.3. The van der Waals surface area contributed by atoms with Gasteiger partial charge in [-0.3, -0.25) is 9.79 Å². The Hall–Kier alpha value is -1.76. The van der Waals surface area contributed by atoms with E-state index in [1.807, 2.05) is 6.92 Å². The second-order valence-corrected chi connectivity index (χ2v) is 7.67. The molecule has 2 heterocycles. The van der Waals surface area contributed by atoms with Crippen LogP contribution in [0.4, 0.5) is 5.00 Å². The van der Waals surface area contributed by atoms with Gasteiger partial charge in [0.25, 0.3) is 0 Å². The normalized spacial score (nSPS) is 17.0. The van der Waals surface area contributed by atoms with Gasteiger partial charge in [-0.15, -0.1) is 11.3 Å². The average molecular weight is 380 g/mol. The van der Waals surface area contributed by atoms with Crippen molar-refractivity contribution in [3.63, 3.8) is 0 Å². The second kappa shape index (κ2) is 11.1. The summed E-state index contributed by atoms with van der Waals surface area (Å²) in [5.74, 6) is 0.890. The van der Waals surface area contributed by atoms with Gasteiger partial charge in [0.1, 0.15) is 0 Å². The highest BCUT2D eigenvalue weighted by atomic mass is 32.1. The van der Waals surface area contributed by atoms with Crippen LogP contribution in [0.5, 0.6) is 0 Å². The van der Waals surface area contributed by atoms with Crippen LogP contribution < -0.4 is 20.9 Å². The lowest BCUT2D eigenvalue weighted by Crippen LogP contribution is -2.48. The lowest BCUT2D eigenvalue weighted by atomic mass is 10.1. The highest BCUT2D eigenvalue weighted by molar-refractivity contribution is 7.14. The number of thiophene rings is 1. The first kappa shape index (κ1) is 20.6. The molecule has 0 radical (unpaired) electrons. The number of hydrogen-bond acceptors (Lipinski definition) is 4. The lowest BCUT2D eigenvalue weighted by Gasteiger charge is -2.33. The van der Waals surface area contributed by atoms with Gasteiger partial charge in [0.2, 0.25) is 5.91 Å². The molecular formula is C19H33N5OS. The minimum absolute atomic E-state index is 0.0724. The van der Waals surface area contributed by atoms with Gasteiger partial charge in [-0.1, -0.05) is 6.92 Å². The number of amides is 1. The molecule has 1 aromatic heterocycles. The third-order valence-corrected chi connectivity index (χ3v) is 5.56. The largest absolute Gasteiger partial charge is 0.363 e. The third-order valence-electron chi connectivity index (χ3n) is 4.63. The van der Waals surface area contributed by atoms with E-state index < -0.39 is 0 Å². The molecule has 1 fully saturated rings. The zero-order valence-corrected chi connectivity index (χ0v) is 17.1. The van der Waals surface area contributed by atoms with E-state index in [4.69, 9.17) is 0 Å². The molecule has 0 bridgehead atoms. The molecule has 1 amide bonds. The highest BCUT2D eigenvalue weighted by Gasteiger charge is 2.20. The fourth-order valence-corrected chi connectivity index (χ4v) is 3.71. The van der Waals surface area contributed by atoms with E-state index in [-0.39, 0.29) is 11.9 Å². The van der Waals surface area contributed by atoms with Gasteiger partial charge in [0.05, 0.1) is 11.5 Å². The van der Waals surface area contributed by atoms with E-state index in [1.165, 1.54) is 5.00 Å². The van der Waals surface area contributed by atoms with E-state index in [0.717, 1.165) is 44.9 Å². The molecule has 0 aliphatic carbocycles. The van der Waals surface area contributed by atoms with Crippen molar-refractivity contribution in [2.45, 2.75) is 58.5 Å². The van der Waals surface area contributed by atoms with Crippen LogP contribution in [0.15, 0.2) is 22.5 Å². The van der Waals surface area contributed by atoms with Crippen molar-refractivity contribution >= 4 is 28.2 Å². The van der Waals surface area contributed by atoms with Crippen LogP contribution in [-0.4, -0.2) is 50.1 Å². The standard InChI is InChI=1S/C19H33N5OS/c1-4-15(3)22-17(25)8-11-21-19(20-5-2)23-16-9-12-24(13-10-16)18-7-6-14-26-18/h6-7,14-16H,4-5,8-13H2,1-3H3,(H,22,25)(H2,20,21,23). The van der Waals surface area contributed by atoms with Crippen molar-refractivity contribution in [1.82, 2.24) is 16.0 Å². The maximum Gasteiger partial charge on any atom is 0.222 e. The summed E-state index contributed by atoms with van der Waals surface area (Å²) in [6.07, 6.45) is 3.56. The molecule has 1 aliphatic heterocycles. The highest BCUT2D eigenvalue weighted by Crippen LogP contribution is 2.24. The van der Waals surface area contributed by atoms with Crippen LogP contribution in [-0.2, 0) is 4.79 Å². The summed E-state index contributed by atoms with van der Waals surface area (Å²) < 4.78 is 0. The minimum atomic E-state index is 0.0724. The van der Waals surface area contributed by atoms with E-state index in [9.17, 15) is 4.79 Å². The van der Waals surface area contributed by atoms with E-state index >= 15 is 0 Å². The Morgan fingerprint density at radius 1 is 1.38 bits per heavy atom. The van der Waals surface area contributed by atoms with Crippen LogP contribution in [0.1, 0.15) is 46.5 Å². The van der Waals surface area contributed by atoms with Crippen molar-refractivity contribution in [2.24, 2.45) is 4.99 Å². The van der Waals surface area contributed by atoms with Crippen molar-refractivity contribution in [3.8, 4) is 0 Å². The topological polar surface area (TPSA) is 68.8 Å². The number of carbonyl (C=O) groups is 1. The van der Waals surface area contributed by atoms with Gasteiger partial charge in [-0.25, -0.2) is 0 Å².